The van der Waals surface area contributed by atoms with Gasteiger partial charge in [-0.3, -0.25) is 18.9 Å². The second-order valence-electron chi connectivity index (χ2n) is 8.96. The van der Waals surface area contributed by atoms with Crippen LogP contribution >= 0.6 is 10.6 Å². The average molecular weight is 492 g/mol. The van der Waals surface area contributed by atoms with Crippen molar-refractivity contribution in [3.8, 4) is 23.0 Å². The summed E-state index contributed by atoms with van der Waals surface area (Å²) in [5.74, 6) is -0.340. The maximum absolute atomic E-state index is 13.6. The minimum atomic E-state index is -2.68. The number of hydrogen-bond acceptors (Lipinski definition) is 6. The molecule has 0 radical (unpaired) electrons. The zero-order valence-electron chi connectivity index (χ0n) is 18.8. The number of nitrogens with one attached hydrogen (secondary N) is 1. The first kappa shape index (κ1) is 23.0. The van der Waals surface area contributed by atoms with Gasteiger partial charge in [-0.1, -0.05) is 0 Å². The molecule has 1 amide bonds. The normalized spacial score (nSPS) is 19.9. The van der Waals surface area contributed by atoms with Crippen LogP contribution in [0.15, 0.2) is 60.9 Å². The van der Waals surface area contributed by atoms with Crippen molar-refractivity contribution in [1.82, 2.24) is 20.1 Å². The van der Waals surface area contributed by atoms with Crippen molar-refractivity contribution in [1.29, 1.82) is 5.26 Å². The standard InChI is InChI=1S/C25H22FN5O3S/c1-25(8-9-35(33,34)15-25)29-24(32)17-2-7-21-22(11-17)31(20-5-3-19(26)4-6-20)30-23(21)18-10-16(12-27)13-28-14-18/h2-7,10-11,13-14,33-34H,8-9,15H2,1H3,(H,29,32). The van der Waals surface area contributed by atoms with Gasteiger partial charge in [0, 0.05) is 34.7 Å². The van der Waals surface area contributed by atoms with E-state index < -0.39 is 16.1 Å². The number of nitriles is 1. The lowest BCUT2D eigenvalue weighted by Crippen LogP contribution is -2.46. The lowest BCUT2D eigenvalue weighted by molar-refractivity contribution is 0.0915. The number of nitrogens with zero attached hydrogens (tertiary/aromatic N) is 4. The summed E-state index contributed by atoms with van der Waals surface area (Å²) >= 11 is 0. The molecule has 0 bridgehead atoms. The number of benzene rings is 2. The zero-order chi connectivity index (χ0) is 24.8. The maximum atomic E-state index is 13.6. The predicted molar refractivity (Wildman–Crippen MR) is 132 cm³/mol. The molecule has 2 aromatic heterocycles. The van der Waals surface area contributed by atoms with Gasteiger partial charge in [0.05, 0.1) is 28.1 Å². The van der Waals surface area contributed by atoms with Crippen molar-refractivity contribution in [2.45, 2.75) is 18.9 Å². The van der Waals surface area contributed by atoms with E-state index >= 15 is 0 Å². The van der Waals surface area contributed by atoms with Gasteiger partial charge in [0.25, 0.3) is 5.91 Å². The summed E-state index contributed by atoms with van der Waals surface area (Å²) in [4.78, 5) is 17.3. The molecule has 1 fully saturated rings. The Labute approximate surface area is 202 Å². The number of halogens is 1. The molecule has 5 rings (SSSR count). The van der Waals surface area contributed by atoms with Crippen LogP contribution in [0.25, 0.3) is 27.8 Å². The van der Waals surface area contributed by atoms with Gasteiger partial charge in [-0.05, 0) is 61.9 Å². The van der Waals surface area contributed by atoms with Gasteiger partial charge < -0.3 is 5.32 Å². The molecule has 8 nitrogen and oxygen atoms in total. The SMILES string of the molecule is CC1(NC(=O)c2ccc3c(-c4cncc(C#N)c4)nn(-c4ccc(F)cc4)c3c2)CCS(O)(O)C1. The fourth-order valence-corrected chi connectivity index (χ4v) is 6.53. The molecule has 1 saturated heterocycles. The average Bonchev–Trinajstić information content (AvgIpc) is 3.35. The van der Waals surface area contributed by atoms with E-state index in [0.29, 0.717) is 40.0 Å². The quantitative estimate of drug-likeness (QED) is 0.379. The predicted octanol–water partition coefficient (Wildman–Crippen LogP) is 4.74. The van der Waals surface area contributed by atoms with Crippen LogP contribution in [0.2, 0.25) is 0 Å². The fraction of sp³-hybridized carbons (Fsp3) is 0.200. The largest absolute Gasteiger partial charge is 0.345 e. The molecule has 1 aliphatic heterocycles. The molecule has 0 aliphatic carbocycles. The van der Waals surface area contributed by atoms with E-state index in [4.69, 9.17) is 5.10 Å². The van der Waals surface area contributed by atoms with Crippen molar-refractivity contribution in [2.24, 2.45) is 0 Å². The molecule has 1 unspecified atom stereocenters. The van der Waals surface area contributed by atoms with E-state index in [1.807, 2.05) is 0 Å². The lowest BCUT2D eigenvalue weighted by atomic mass is 10.0. The number of amides is 1. The number of carbonyl (C=O) groups excluding carboxylic acids is 1. The van der Waals surface area contributed by atoms with Crippen LogP contribution in [-0.2, 0) is 0 Å². The number of pyridine rings is 1. The van der Waals surface area contributed by atoms with E-state index in [0.717, 1.165) is 5.39 Å². The highest BCUT2D eigenvalue weighted by atomic mass is 32.3. The molecule has 2 aromatic carbocycles. The summed E-state index contributed by atoms with van der Waals surface area (Å²) in [5.41, 5.74) is 2.47. The van der Waals surface area contributed by atoms with Gasteiger partial charge in [-0.2, -0.15) is 21.0 Å². The Morgan fingerprint density at radius 3 is 2.66 bits per heavy atom. The summed E-state index contributed by atoms with van der Waals surface area (Å²) in [6, 6.07) is 14.7. The second kappa shape index (κ2) is 8.46. The topological polar surface area (TPSA) is 124 Å². The number of fused-ring (bicyclic) bond motifs is 1. The van der Waals surface area contributed by atoms with Crippen molar-refractivity contribution in [3.05, 3.63) is 77.9 Å². The Hall–Kier alpha value is -3.78. The third kappa shape index (κ3) is 4.49. The summed E-state index contributed by atoms with van der Waals surface area (Å²) in [6.07, 6.45) is 3.55. The molecule has 35 heavy (non-hydrogen) atoms. The van der Waals surface area contributed by atoms with E-state index in [2.05, 4.69) is 16.4 Å². The molecule has 3 heterocycles. The highest BCUT2D eigenvalue weighted by molar-refractivity contribution is 8.24. The van der Waals surface area contributed by atoms with Gasteiger partial charge in [0.15, 0.2) is 0 Å². The number of carbonyl (C=O) groups is 1. The molecule has 0 saturated carbocycles. The van der Waals surface area contributed by atoms with Gasteiger partial charge in [-0.25, -0.2) is 9.07 Å². The van der Waals surface area contributed by atoms with Crippen molar-refractivity contribution < 1.29 is 18.3 Å². The molecule has 1 atom stereocenters. The number of rotatable bonds is 4. The minimum absolute atomic E-state index is 0.119. The molecule has 1 aliphatic rings. The van der Waals surface area contributed by atoms with Crippen LogP contribution in [0.5, 0.6) is 0 Å². The van der Waals surface area contributed by atoms with Crippen LogP contribution in [0.1, 0.15) is 29.3 Å². The van der Waals surface area contributed by atoms with Gasteiger partial charge in [0.1, 0.15) is 17.6 Å². The van der Waals surface area contributed by atoms with E-state index in [1.165, 1.54) is 18.3 Å². The summed E-state index contributed by atoms with van der Waals surface area (Å²) < 4.78 is 35.2. The van der Waals surface area contributed by atoms with Crippen LogP contribution in [0.4, 0.5) is 4.39 Å². The smallest absolute Gasteiger partial charge is 0.251 e. The Morgan fingerprint density at radius 2 is 1.97 bits per heavy atom. The van der Waals surface area contributed by atoms with Gasteiger partial charge >= 0.3 is 0 Å². The lowest BCUT2D eigenvalue weighted by Gasteiger charge is -2.30. The van der Waals surface area contributed by atoms with Crippen LogP contribution in [-0.4, -0.2) is 46.8 Å². The Bertz CT molecular complexity index is 1500. The Balaban J connectivity index is 1.60. The third-order valence-electron chi connectivity index (χ3n) is 6.10. The first-order valence-electron chi connectivity index (χ1n) is 10.9. The van der Waals surface area contributed by atoms with E-state index in [9.17, 15) is 23.6 Å². The fourth-order valence-electron chi connectivity index (χ4n) is 4.37. The van der Waals surface area contributed by atoms with E-state index in [1.54, 1.807) is 54.2 Å². The molecule has 4 aromatic rings. The summed E-state index contributed by atoms with van der Waals surface area (Å²) in [6.45, 7) is 1.81. The zero-order valence-corrected chi connectivity index (χ0v) is 19.6. The number of hydrogen-bond donors (Lipinski definition) is 3. The van der Waals surface area contributed by atoms with Crippen molar-refractivity contribution >= 4 is 27.4 Å². The highest BCUT2D eigenvalue weighted by Gasteiger charge is 2.39. The summed E-state index contributed by atoms with van der Waals surface area (Å²) in [7, 11) is -2.68. The van der Waals surface area contributed by atoms with Crippen molar-refractivity contribution in [3.63, 3.8) is 0 Å². The van der Waals surface area contributed by atoms with Gasteiger partial charge in [-0.15, -0.1) is 0 Å². The van der Waals surface area contributed by atoms with E-state index in [-0.39, 0.29) is 23.2 Å². The van der Waals surface area contributed by atoms with Crippen LogP contribution in [0, 0.1) is 17.1 Å². The van der Waals surface area contributed by atoms with Crippen molar-refractivity contribution in [2.75, 3.05) is 11.5 Å². The van der Waals surface area contributed by atoms with Crippen LogP contribution < -0.4 is 5.32 Å². The molecule has 178 valence electrons. The molecule has 10 heteroatoms. The third-order valence-corrected chi connectivity index (χ3v) is 8.06. The minimum Gasteiger partial charge on any atom is -0.345 e. The molecular formula is C25H22FN5O3S. The Kier molecular flexibility index (Phi) is 5.56. The van der Waals surface area contributed by atoms with Gasteiger partial charge in [0.2, 0.25) is 0 Å². The van der Waals surface area contributed by atoms with Crippen LogP contribution in [0.3, 0.4) is 0 Å². The summed E-state index contributed by atoms with van der Waals surface area (Å²) in [5, 5.41) is 17.7. The highest BCUT2D eigenvalue weighted by Crippen LogP contribution is 2.50. The second-order valence-corrected chi connectivity index (χ2v) is 11.3. The molecule has 3 N–H and O–H groups in total. The number of aromatic nitrogens is 3. The Morgan fingerprint density at radius 1 is 1.20 bits per heavy atom. The maximum Gasteiger partial charge on any atom is 0.251 e. The monoisotopic (exact) mass is 491 g/mol. The molecule has 0 spiro atoms. The first-order valence-corrected chi connectivity index (χ1v) is 12.8. The molecular weight excluding hydrogens is 469 g/mol. The first-order chi connectivity index (χ1) is 16.7.